The molecule has 0 atom stereocenters. The summed E-state index contributed by atoms with van der Waals surface area (Å²) in [5.74, 6) is 1.79. The number of rotatable bonds is 5. The van der Waals surface area contributed by atoms with Crippen molar-refractivity contribution in [3.63, 3.8) is 0 Å². The molecular weight excluding hydrogens is 312 g/mol. The molecular formula is C15H14N6OS. The average molecular weight is 326 g/mol. The van der Waals surface area contributed by atoms with Crippen molar-refractivity contribution < 1.29 is 4.42 Å². The van der Waals surface area contributed by atoms with Crippen LogP contribution >= 0.6 is 11.8 Å². The summed E-state index contributed by atoms with van der Waals surface area (Å²) >= 11 is 1.36. The third-order valence-electron chi connectivity index (χ3n) is 2.96. The molecule has 8 heteroatoms. The van der Waals surface area contributed by atoms with Crippen molar-refractivity contribution in [3.8, 4) is 17.7 Å². The summed E-state index contributed by atoms with van der Waals surface area (Å²) in [5.41, 5.74) is 0.286. The lowest BCUT2D eigenvalue weighted by molar-refractivity contribution is 0.489. The van der Waals surface area contributed by atoms with Crippen LogP contribution in [-0.2, 0) is 6.54 Å². The summed E-state index contributed by atoms with van der Waals surface area (Å²) in [6.07, 6.45) is 1.61. The Morgan fingerprint density at radius 2 is 2.09 bits per heavy atom. The summed E-state index contributed by atoms with van der Waals surface area (Å²) in [6.45, 7) is 5.01. The van der Waals surface area contributed by atoms with E-state index in [1.807, 2.05) is 22.8 Å². The lowest BCUT2D eigenvalue weighted by Gasteiger charge is -2.10. The molecule has 0 N–H and O–H groups in total. The Morgan fingerprint density at radius 3 is 2.70 bits per heavy atom. The first-order chi connectivity index (χ1) is 11.2. The summed E-state index contributed by atoms with van der Waals surface area (Å²) in [5, 5.41) is 26.5. The first kappa shape index (κ1) is 15.2. The van der Waals surface area contributed by atoms with Crippen LogP contribution in [-0.4, -0.2) is 25.0 Å². The van der Waals surface area contributed by atoms with Gasteiger partial charge in [-0.3, -0.25) is 4.57 Å². The number of furan rings is 1. The number of aromatic nitrogens is 5. The van der Waals surface area contributed by atoms with E-state index in [2.05, 4.69) is 34.2 Å². The second kappa shape index (κ2) is 6.62. The largest absolute Gasteiger partial charge is 0.461 e. The number of nitrogens with zero attached hydrogens (tertiary/aromatic N) is 6. The van der Waals surface area contributed by atoms with E-state index in [9.17, 15) is 0 Å². The van der Waals surface area contributed by atoms with Gasteiger partial charge in [-0.25, -0.2) is 0 Å². The molecule has 3 aromatic heterocycles. The van der Waals surface area contributed by atoms with Crippen LogP contribution in [0.15, 0.2) is 45.1 Å². The van der Waals surface area contributed by atoms with Gasteiger partial charge in [0.05, 0.1) is 6.26 Å². The number of hydrogen-bond acceptors (Lipinski definition) is 7. The fraction of sp³-hybridized carbons (Fsp3) is 0.267. The molecule has 0 saturated heterocycles. The van der Waals surface area contributed by atoms with E-state index in [1.54, 1.807) is 18.4 Å². The highest BCUT2D eigenvalue weighted by atomic mass is 32.2. The predicted octanol–water partition coefficient (Wildman–Crippen LogP) is 3.01. The van der Waals surface area contributed by atoms with Gasteiger partial charge in [-0.05, 0) is 41.9 Å². The molecule has 0 aliphatic heterocycles. The topological polar surface area (TPSA) is 93.4 Å². The van der Waals surface area contributed by atoms with Crippen molar-refractivity contribution in [3.05, 3.63) is 36.2 Å². The van der Waals surface area contributed by atoms with Gasteiger partial charge in [-0.1, -0.05) is 13.8 Å². The minimum absolute atomic E-state index is 0.286. The van der Waals surface area contributed by atoms with E-state index in [0.717, 1.165) is 6.54 Å². The number of hydrogen-bond donors (Lipinski definition) is 0. The highest BCUT2D eigenvalue weighted by molar-refractivity contribution is 7.99. The molecule has 3 aromatic rings. The highest BCUT2D eigenvalue weighted by Gasteiger charge is 2.18. The highest BCUT2D eigenvalue weighted by Crippen LogP contribution is 2.29. The third-order valence-corrected chi connectivity index (χ3v) is 3.87. The molecule has 0 saturated carbocycles. The molecule has 3 rings (SSSR count). The molecule has 7 nitrogen and oxygen atoms in total. The van der Waals surface area contributed by atoms with E-state index in [0.29, 0.717) is 27.7 Å². The molecule has 0 spiro atoms. The number of nitriles is 1. The van der Waals surface area contributed by atoms with Crippen molar-refractivity contribution >= 4 is 11.8 Å². The molecule has 116 valence electrons. The van der Waals surface area contributed by atoms with E-state index < -0.39 is 0 Å². The van der Waals surface area contributed by atoms with Gasteiger partial charge in [-0.2, -0.15) is 5.26 Å². The zero-order valence-corrected chi connectivity index (χ0v) is 13.5. The minimum atomic E-state index is 0.286. The Morgan fingerprint density at radius 1 is 1.22 bits per heavy atom. The molecule has 0 aromatic carbocycles. The Kier molecular flexibility index (Phi) is 4.39. The predicted molar refractivity (Wildman–Crippen MR) is 83.4 cm³/mol. The Hall–Kier alpha value is -2.66. The Labute approximate surface area is 137 Å². The SMILES string of the molecule is CC(C)Cn1c(Sc2ccc(C#N)nn2)nnc1-c1ccco1. The second-order valence-corrected chi connectivity index (χ2v) is 6.25. The van der Waals surface area contributed by atoms with Gasteiger partial charge >= 0.3 is 0 Å². The fourth-order valence-electron chi connectivity index (χ4n) is 2.01. The minimum Gasteiger partial charge on any atom is -0.461 e. The lowest BCUT2D eigenvalue weighted by atomic mass is 10.2. The molecule has 0 aliphatic carbocycles. The normalized spacial score (nSPS) is 10.9. The van der Waals surface area contributed by atoms with Crippen molar-refractivity contribution in [1.82, 2.24) is 25.0 Å². The summed E-state index contributed by atoms with van der Waals surface area (Å²) in [7, 11) is 0. The third kappa shape index (κ3) is 3.40. The van der Waals surface area contributed by atoms with E-state index in [1.165, 1.54) is 11.8 Å². The summed E-state index contributed by atoms with van der Waals surface area (Å²) in [4.78, 5) is 0. The maximum absolute atomic E-state index is 8.77. The van der Waals surface area contributed by atoms with Crippen LogP contribution < -0.4 is 0 Å². The maximum atomic E-state index is 8.77. The summed E-state index contributed by atoms with van der Waals surface area (Å²) in [6, 6.07) is 9.01. The van der Waals surface area contributed by atoms with Gasteiger partial charge in [0.15, 0.2) is 22.4 Å². The van der Waals surface area contributed by atoms with Gasteiger partial charge in [0.1, 0.15) is 11.1 Å². The van der Waals surface area contributed by atoms with Gasteiger partial charge in [0, 0.05) is 6.54 Å². The second-order valence-electron chi connectivity index (χ2n) is 5.26. The van der Waals surface area contributed by atoms with Crippen molar-refractivity contribution in [2.24, 2.45) is 5.92 Å². The Bertz CT molecular complexity index is 817. The van der Waals surface area contributed by atoms with Gasteiger partial charge < -0.3 is 4.42 Å². The monoisotopic (exact) mass is 326 g/mol. The lowest BCUT2D eigenvalue weighted by Crippen LogP contribution is -2.07. The quantitative estimate of drug-likeness (QED) is 0.711. The maximum Gasteiger partial charge on any atom is 0.200 e. The van der Waals surface area contributed by atoms with Crippen molar-refractivity contribution in [2.45, 2.75) is 30.6 Å². The standard InChI is InChI=1S/C15H14N6OS/c1-10(2)9-21-14(12-4-3-7-22-12)19-20-15(21)23-13-6-5-11(8-16)17-18-13/h3-7,10H,9H2,1-2H3. The van der Waals surface area contributed by atoms with E-state index >= 15 is 0 Å². The fourth-order valence-corrected chi connectivity index (χ4v) is 2.77. The van der Waals surface area contributed by atoms with Gasteiger partial charge in [-0.15, -0.1) is 20.4 Å². The van der Waals surface area contributed by atoms with E-state index in [4.69, 9.17) is 9.68 Å². The molecule has 0 fully saturated rings. The van der Waals surface area contributed by atoms with E-state index in [-0.39, 0.29) is 5.69 Å². The van der Waals surface area contributed by atoms with Crippen LogP contribution in [0.5, 0.6) is 0 Å². The van der Waals surface area contributed by atoms with Crippen LogP contribution in [0.2, 0.25) is 0 Å². The van der Waals surface area contributed by atoms with Crippen LogP contribution in [0.25, 0.3) is 11.6 Å². The van der Waals surface area contributed by atoms with Gasteiger partial charge in [0.2, 0.25) is 0 Å². The smallest absolute Gasteiger partial charge is 0.200 e. The molecule has 3 heterocycles. The molecule has 0 aliphatic rings. The molecule has 23 heavy (non-hydrogen) atoms. The zero-order valence-electron chi connectivity index (χ0n) is 12.7. The first-order valence-corrected chi connectivity index (χ1v) is 7.88. The van der Waals surface area contributed by atoms with Crippen LogP contribution in [0.1, 0.15) is 19.5 Å². The van der Waals surface area contributed by atoms with Crippen molar-refractivity contribution in [2.75, 3.05) is 0 Å². The Balaban J connectivity index is 1.93. The van der Waals surface area contributed by atoms with Crippen LogP contribution in [0.4, 0.5) is 0 Å². The molecule has 0 radical (unpaired) electrons. The van der Waals surface area contributed by atoms with Crippen molar-refractivity contribution in [1.29, 1.82) is 5.26 Å². The molecule has 0 bridgehead atoms. The molecule has 0 unspecified atom stereocenters. The average Bonchev–Trinajstić information content (AvgIpc) is 3.18. The zero-order chi connectivity index (χ0) is 16.2. The van der Waals surface area contributed by atoms with Crippen LogP contribution in [0, 0.1) is 17.2 Å². The van der Waals surface area contributed by atoms with Crippen LogP contribution in [0.3, 0.4) is 0 Å². The van der Waals surface area contributed by atoms with Gasteiger partial charge in [0.25, 0.3) is 0 Å². The molecule has 0 amide bonds. The summed E-state index contributed by atoms with van der Waals surface area (Å²) < 4.78 is 7.45. The first-order valence-electron chi connectivity index (χ1n) is 7.06.